The first-order valence-electron chi connectivity index (χ1n) is 4.85. The van der Waals surface area contributed by atoms with Crippen LogP contribution in [0, 0.1) is 12.3 Å². The van der Waals surface area contributed by atoms with Crippen molar-refractivity contribution in [1.29, 1.82) is 0 Å². The molecule has 1 N–H and O–H groups in total. The number of hydrogen-bond acceptors (Lipinski definition) is 3. The van der Waals surface area contributed by atoms with Gasteiger partial charge in [-0.2, -0.15) is 0 Å². The minimum atomic E-state index is 0.307. The first kappa shape index (κ1) is 10.5. The standard InChI is InChI=1S/C10H18N2O/c1-3-5-11-8-10-9-12(4-2)6-7-13-10/h1,10-11H,4-9H2,2H3. The molecule has 3 nitrogen and oxygen atoms in total. The summed E-state index contributed by atoms with van der Waals surface area (Å²) in [6, 6.07) is 0. The van der Waals surface area contributed by atoms with E-state index in [2.05, 4.69) is 23.1 Å². The van der Waals surface area contributed by atoms with Gasteiger partial charge in [-0.05, 0) is 6.54 Å². The van der Waals surface area contributed by atoms with E-state index in [0.717, 1.165) is 32.8 Å². The molecule has 1 rings (SSSR count). The molecule has 1 fully saturated rings. The summed E-state index contributed by atoms with van der Waals surface area (Å²) in [5, 5.41) is 3.16. The van der Waals surface area contributed by atoms with Crippen molar-refractivity contribution in [2.75, 3.05) is 39.3 Å². The fourth-order valence-electron chi connectivity index (χ4n) is 1.50. The molecule has 74 valence electrons. The van der Waals surface area contributed by atoms with Crippen LogP contribution in [-0.4, -0.2) is 50.3 Å². The minimum absolute atomic E-state index is 0.307. The van der Waals surface area contributed by atoms with Crippen LogP contribution < -0.4 is 5.32 Å². The Kier molecular flexibility index (Phi) is 4.84. The summed E-state index contributed by atoms with van der Waals surface area (Å²) in [4.78, 5) is 2.39. The minimum Gasteiger partial charge on any atom is -0.374 e. The van der Waals surface area contributed by atoms with E-state index < -0.39 is 0 Å². The normalized spacial score (nSPS) is 24.2. The van der Waals surface area contributed by atoms with Crippen LogP contribution in [-0.2, 0) is 4.74 Å². The van der Waals surface area contributed by atoms with E-state index in [0.29, 0.717) is 12.6 Å². The van der Waals surface area contributed by atoms with Crippen molar-refractivity contribution in [3.05, 3.63) is 0 Å². The van der Waals surface area contributed by atoms with E-state index >= 15 is 0 Å². The van der Waals surface area contributed by atoms with Crippen molar-refractivity contribution < 1.29 is 4.74 Å². The van der Waals surface area contributed by atoms with Crippen LogP contribution in [0.1, 0.15) is 6.92 Å². The van der Waals surface area contributed by atoms with E-state index in [1.54, 1.807) is 0 Å². The number of terminal acetylenes is 1. The van der Waals surface area contributed by atoms with Gasteiger partial charge >= 0.3 is 0 Å². The number of rotatable bonds is 4. The molecule has 0 spiro atoms. The smallest absolute Gasteiger partial charge is 0.0827 e. The van der Waals surface area contributed by atoms with E-state index in [4.69, 9.17) is 11.2 Å². The molecule has 0 amide bonds. The fourth-order valence-corrected chi connectivity index (χ4v) is 1.50. The third-order valence-corrected chi connectivity index (χ3v) is 2.27. The molecule has 0 saturated carbocycles. The van der Waals surface area contributed by atoms with Crippen molar-refractivity contribution in [3.8, 4) is 12.3 Å². The number of hydrogen-bond donors (Lipinski definition) is 1. The van der Waals surface area contributed by atoms with Crippen LogP contribution in [0.15, 0.2) is 0 Å². The molecule has 3 heteroatoms. The summed E-state index contributed by atoms with van der Waals surface area (Å²) in [6.45, 7) is 7.70. The maximum atomic E-state index is 5.58. The lowest BCUT2D eigenvalue weighted by Gasteiger charge is -2.32. The van der Waals surface area contributed by atoms with Gasteiger partial charge in [0.05, 0.1) is 19.3 Å². The van der Waals surface area contributed by atoms with Gasteiger partial charge in [0.2, 0.25) is 0 Å². The summed E-state index contributed by atoms with van der Waals surface area (Å²) in [5.74, 6) is 2.55. The maximum absolute atomic E-state index is 5.58. The summed E-state index contributed by atoms with van der Waals surface area (Å²) in [5.41, 5.74) is 0. The van der Waals surface area contributed by atoms with E-state index in [-0.39, 0.29) is 0 Å². The monoisotopic (exact) mass is 182 g/mol. The second-order valence-corrected chi connectivity index (χ2v) is 3.22. The Hall–Kier alpha value is -0.560. The van der Waals surface area contributed by atoms with Gasteiger partial charge in [0.25, 0.3) is 0 Å². The topological polar surface area (TPSA) is 24.5 Å². The van der Waals surface area contributed by atoms with Crippen molar-refractivity contribution in [3.63, 3.8) is 0 Å². The zero-order chi connectivity index (χ0) is 9.52. The van der Waals surface area contributed by atoms with Crippen LogP contribution in [0.3, 0.4) is 0 Å². The largest absolute Gasteiger partial charge is 0.374 e. The van der Waals surface area contributed by atoms with Gasteiger partial charge in [-0.1, -0.05) is 12.8 Å². The molecule has 0 aromatic heterocycles. The molecule has 1 aliphatic rings. The molecule has 0 radical (unpaired) electrons. The second-order valence-electron chi connectivity index (χ2n) is 3.22. The Morgan fingerprint density at radius 1 is 1.69 bits per heavy atom. The molecular weight excluding hydrogens is 164 g/mol. The quantitative estimate of drug-likeness (QED) is 0.486. The Morgan fingerprint density at radius 3 is 3.23 bits per heavy atom. The van der Waals surface area contributed by atoms with Crippen molar-refractivity contribution in [1.82, 2.24) is 10.2 Å². The number of morpholine rings is 1. The Labute approximate surface area is 80.4 Å². The molecule has 13 heavy (non-hydrogen) atoms. The maximum Gasteiger partial charge on any atom is 0.0827 e. The molecule has 0 bridgehead atoms. The van der Waals surface area contributed by atoms with E-state index in [9.17, 15) is 0 Å². The van der Waals surface area contributed by atoms with Gasteiger partial charge in [0.15, 0.2) is 0 Å². The Bertz CT molecular complexity index is 176. The van der Waals surface area contributed by atoms with Gasteiger partial charge in [-0.15, -0.1) is 6.42 Å². The van der Waals surface area contributed by atoms with Gasteiger partial charge < -0.3 is 10.1 Å². The lowest BCUT2D eigenvalue weighted by Crippen LogP contribution is -2.46. The predicted molar refractivity (Wildman–Crippen MR) is 53.6 cm³/mol. The molecule has 0 aromatic carbocycles. The first-order valence-corrected chi connectivity index (χ1v) is 4.85. The number of nitrogens with one attached hydrogen (secondary N) is 1. The summed E-state index contributed by atoms with van der Waals surface area (Å²) < 4.78 is 5.58. The zero-order valence-electron chi connectivity index (χ0n) is 8.25. The molecule has 0 aliphatic carbocycles. The molecule has 1 heterocycles. The van der Waals surface area contributed by atoms with E-state index in [1.165, 1.54) is 0 Å². The number of ether oxygens (including phenoxy) is 1. The molecule has 1 unspecified atom stereocenters. The predicted octanol–water partition coefficient (Wildman–Crippen LogP) is -0.0701. The SMILES string of the molecule is C#CCNCC1CN(CC)CCO1. The van der Waals surface area contributed by atoms with Gasteiger partial charge in [0, 0.05) is 19.6 Å². The average molecular weight is 182 g/mol. The Balaban J connectivity index is 2.15. The molecule has 1 atom stereocenters. The van der Waals surface area contributed by atoms with Gasteiger partial charge in [0.1, 0.15) is 0 Å². The highest BCUT2D eigenvalue weighted by molar-refractivity contribution is 4.87. The fraction of sp³-hybridized carbons (Fsp3) is 0.800. The van der Waals surface area contributed by atoms with Crippen LogP contribution in [0.4, 0.5) is 0 Å². The summed E-state index contributed by atoms with van der Waals surface area (Å²) in [6.07, 6.45) is 5.44. The summed E-state index contributed by atoms with van der Waals surface area (Å²) >= 11 is 0. The van der Waals surface area contributed by atoms with Gasteiger partial charge in [-0.25, -0.2) is 0 Å². The highest BCUT2D eigenvalue weighted by Gasteiger charge is 2.18. The summed E-state index contributed by atoms with van der Waals surface area (Å²) in [7, 11) is 0. The third kappa shape index (κ3) is 3.77. The molecule has 1 aliphatic heterocycles. The van der Waals surface area contributed by atoms with Crippen LogP contribution in [0.2, 0.25) is 0 Å². The van der Waals surface area contributed by atoms with Crippen molar-refractivity contribution in [2.45, 2.75) is 13.0 Å². The highest BCUT2D eigenvalue weighted by atomic mass is 16.5. The molecular formula is C10H18N2O. The van der Waals surface area contributed by atoms with Gasteiger partial charge in [-0.3, -0.25) is 4.90 Å². The Morgan fingerprint density at radius 2 is 2.54 bits per heavy atom. The van der Waals surface area contributed by atoms with Crippen LogP contribution in [0.5, 0.6) is 0 Å². The van der Waals surface area contributed by atoms with E-state index in [1.807, 2.05) is 0 Å². The molecule has 1 saturated heterocycles. The van der Waals surface area contributed by atoms with Crippen molar-refractivity contribution in [2.24, 2.45) is 0 Å². The lowest BCUT2D eigenvalue weighted by atomic mass is 10.2. The number of nitrogens with zero attached hydrogens (tertiary/aromatic N) is 1. The number of likely N-dealkylation sites (N-methyl/N-ethyl adjacent to an activating group) is 1. The first-order chi connectivity index (χ1) is 6.36. The molecule has 0 aromatic rings. The van der Waals surface area contributed by atoms with Crippen LogP contribution >= 0.6 is 0 Å². The lowest BCUT2D eigenvalue weighted by molar-refractivity contribution is -0.0247. The third-order valence-electron chi connectivity index (χ3n) is 2.27. The average Bonchev–Trinajstić information content (AvgIpc) is 2.19. The van der Waals surface area contributed by atoms with Crippen molar-refractivity contribution >= 4 is 0 Å². The highest BCUT2D eigenvalue weighted by Crippen LogP contribution is 2.03. The zero-order valence-corrected chi connectivity index (χ0v) is 8.25. The second kappa shape index (κ2) is 5.98. The van der Waals surface area contributed by atoms with Crippen LogP contribution in [0.25, 0.3) is 0 Å².